The minimum atomic E-state index is -0.483. The Kier molecular flexibility index (Phi) is 3.87. The number of hydrogen-bond donors (Lipinski definition) is 1. The Labute approximate surface area is 59.4 Å². The van der Waals surface area contributed by atoms with E-state index in [0.29, 0.717) is 0 Å². The van der Waals surface area contributed by atoms with Gasteiger partial charge < -0.3 is 0 Å². The van der Waals surface area contributed by atoms with Crippen LogP contribution in [0, 0.1) is 0 Å². The summed E-state index contributed by atoms with van der Waals surface area (Å²) >= 11 is 0. The predicted molar refractivity (Wildman–Crippen MR) is 38.2 cm³/mol. The zero-order chi connectivity index (χ0) is 7.98. The van der Waals surface area contributed by atoms with E-state index in [9.17, 15) is 9.59 Å². The topological polar surface area (TPSA) is 46.2 Å². The number of carbonyl (C=O) groups excluding carboxylic acids is 2. The molecule has 0 unspecified atom stereocenters. The molecule has 0 spiro atoms. The third-order valence-electron chi connectivity index (χ3n) is 0.750. The first-order valence-electron chi connectivity index (χ1n) is 2.80. The van der Waals surface area contributed by atoms with Gasteiger partial charge in [0.25, 0.3) is 0 Å². The Hall–Kier alpha value is -1.38. The summed E-state index contributed by atoms with van der Waals surface area (Å²) in [5, 5.41) is 2.05. The van der Waals surface area contributed by atoms with Gasteiger partial charge in [-0.25, -0.2) is 0 Å². The number of imide groups is 1. The smallest absolute Gasteiger partial charge is 0.250 e. The van der Waals surface area contributed by atoms with E-state index in [1.54, 1.807) is 13.0 Å². The van der Waals surface area contributed by atoms with Crippen molar-refractivity contribution in [2.75, 3.05) is 0 Å². The van der Waals surface area contributed by atoms with Crippen LogP contribution in [0.25, 0.3) is 0 Å². The Morgan fingerprint density at radius 3 is 2.40 bits per heavy atom. The van der Waals surface area contributed by atoms with Crippen LogP contribution in [-0.4, -0.2) is 11.8 Å². The fourth-order valence-electron chi connectivity index (χ4n) is 0.365. The Balaban J connectivity index is 3.79. The number of allylic oxidation sites excluding steroid dienone is 1. The molecule has 0 bridgehead atoms. The Morgan fingerprint density at radius 1 is 1.40 bits per heavy atom. The molecule has 0 aliphatic rings. The summed E-state index contributed by atoms with van der Waals surface area (Å²) in [7, 11) is 0. The molecule has 0 rings (SSSR count). The monoisotopic (exact) mass is 139 g/mol. The third-order valence-corrected chi connectivity index (χ3v) is 0.750. The first-order chi connectivity index (χ1) is 4.70. The fourth-order valence-corrected chi connectivity index (χ4v) is 0.365. The summed E-state index contributed by atoms with van der Waals surface area (Å²) in [6.07, 6.45) is 3.86. The van der Waals surface area contributed by atoms with Crippen molar-refractivity contribution in [3.63, 3.8) is 0 Å². The van der Waals surface area contributed by atoms with Crippen molar-refractivity contribution < 1.29 is 9.59 Å². The molecular weight excluding hydrogens is 130 g/mol. The van der Waals surface area contributed by atoms with Crippen molar-refractivity contribution in [1.82, 2.24) is 5.32 Å². The van der Waals surface area contributed by atoms with E-state index < -0.39 is 11.8 Å². The fraction of sp³-hybridized carbons (Fsp3) is 0.143. The maximum absolute atomic E-state index is 10.5. The lowest BCUT2D eigenvalue weighted by Crippen LogP contribution is -2.26. The summed E-state index contributed by atoms with van der Waals surface area (Å²) < 4.78 is 0. The van der Waals surface area contributed by atoms with Gasteiger partial charge in [0.05, 0.1) is 0 Å². The largest absolute Gasteiger partial charge is 0.289 e. The van der Waals surface area contributed by atoms with Crippen molar-refractivity contribution in [3.05, 3.63) is 24.8 Å². The second kappa shape index (κ2) is 4.49. The minimum Gasteiger partial charge on any atom is -0.289 e. The minimum absolute atomic E-state index is 0.424. The van der Waals surface area contributed by atoms with Crippen LogP contribution in [0.2, 0.25) is 0 Å². The van der Waals surface area contributed by atoms with E-state index in [-0.39, 0.29) is 0 Å². The van der Waals surface area contributed by atoms with Gasteiger partial charge >= 0.3 is 0 Å². The van der Waals surface area contributed by atoms with E-state index in [2.05, 4.69) is 6.58 Å². The number of carbonyl (C=O) groups is 2. The summed E-state index contributed by atoms with van der Waals surface area (Å²) in [5.41, 5.74) is 0. The van der Waals surface area contributed by atoms with Crippen LogP contribution in [0.4, 0.5) is 0 Å². The van der Waals surface area contributed by atoms with Gasteiger partial charge in [0.15, 0.2) is 0 Å². The molecule has 0 saturated heterocycles. The average Bonchev–Trinajstić information content (AvgIpc) is 1.88. The Bertz CT molecular complexity index is 182. The van der Waals surface area contributed by atoms with Crippen LogP contribution in [0.5, 0.6) is 0 Å². The quantitative estimate of drug-likeness (QED) is 0.562. The summed E-state index contributed by atoms with van der Waals surface area (Å²) in [4.78, 5) is 21.0. The second-order valence-corrected chi connectivity index (χ2v) is 1.56. The summed E-state index contributed by atoms with van der Waals surface area (Å²) in [6, 6.07) is 0. The van der Waals surface area contributed by atoms with Gasteiger partial charge in [-0.05, 0) is 19.1 Å². The maximum atomic E-state index is 10.5. The highest BCUT2D eigenvalue weighted by Gasteiger charge is 1.96. The lowest BCUT2D eigenvalue weighted by molar-refractivity contribution is -0.125. The number of rotatable bonds is 2. The SMILES string of the molecule is C=CC(=O)NC(=O)/C=C/C. The van der Waals surface area contributed by atoms with Crippen LogP contribution in [0.1, 0.15) is 6.92 Å². The van der Waals surface area contributed by atoms with Crippen LogP contribution in [-0.2, 0) is 9.59 Å². The van der Waals surface area contributed by atoms with Crippen molar-refractivity contribution in [2.45, 2.75) is 6.92 Å². The predicted octanol–water partition coefficient (Wildman–Crippen LogP) is 0.391. The summed E-state index contributed by atoms with van der Waals surface area (Å²) in [6.45, 7) is 4.88. The normalized spacial score (nSPS) is 9.30. The molecule has 10 heavy (non-hydrogen) atoms. The highest BCUT2D eigenvalue weighted by Crippen LogP contribution is 1.72. The number of hydrogen-bond acceptors (Lipinski definition) is 2. The standard InChI is InChI=1S/C7H9NO2/c1-3-5-7(10)8-6(9)4-2/h3-5H,2H2,1H3,(H,8,9,10)/b5-3+. The number of amides is 2. The van der Waals surface area contributed by atoms with Gasteiger partial charge in [-0.2, -0.15) is 0 Å². The highest BCUT2D eigenvalue weighted by atomic mass is 16.2. The number of nitrogens with one attached hydrogen (secondary N) is 1. The molecule has 0 aliphatic carbocycles. The van der Waals surface area contributed by atoms with Gasteiger partial charge in [0.1, 0.15) is 0 Å². The molecule has 1 N–H and O–H groups in total. The molecule has 0 heterocycles. The maximum Gasteiger partial charge on any atom is 0.250 e. The van der Waals surface area contributed by atoms with Crippen molar-refractivity contribution in [2.24, 2.45) is 0 Å². The molecule has 0 aromatic carbocycles. The van der Waals surface area contributed by atoms with Crippen molar-refractivity contribution in [3.8, 4) is 0 Å². The molecule has 2 amide bonds. The molecule has 3 heteroatoms. The van der Waals surface area contributed by atoms with Crippen molar-refractivity contribution in [1.29, 1.82) is 0 Å². The van der Waals surface area contributed by atoms with E-state index in [1.807, 2.05) is 5.32 Å². The van der Waals surface area contributed by atoms with Gasteiger partial charge in [-0.3, -0.25) is 14.9 Å². The van der Waals surface area contributed by atoms with Crippen molar-refractivity contribution >= 4 is 11.8 Å². The van der Waals surface area contributed by atoms with Gasteiger partial charge in [0.2, 0.25) is 11.8 Å². The molecule has 0 aromatic rings. The lowest BCUT2D eigenvalue weighted by atomic mass is 10.5. The molecule has 0 aromatic heterocycles. The zero-order valence-corrected chi connectivity index (χ0v) is 5.76. The first kappa shape index (κ1) is 8.62. The molecule has 0 radical (unpaired) electrons. The van der Waals surface area contributed by atoms with Gasteiger partial charge in [-0.1, -0.05) is 12.7 Å². The highest BCUT2D eigenvalue weighted by molar-refractivity contribution is 6.04. The molecule has 0 aliphatic heterocycles. The molecule has 0 saturated carbocycles. The average molecular weight is 139 g/mol. The van der Waals surface area contributed by atoms with E-state index in [4.69, 9.17) is 0 Å². The molecule has 0 atom stereocenters. The van der Waals surface area contributed by atoms with E-state index >= 15 is 0 Å². The first-order valence-corrected chi connectivity index (χ1v) is 2.80. The second-order valence-electron chi connectivity index (χ2n) is 1.56. The van der Waals surface area contributed by atoms with Crippen LogP contribution in [0.3, 0.4) is 0 Å². The third kappa shape index (κ3) is 3.60. The van der Waals surface area contributed by atoms with Gasteiger partial charge in [-0.15, -0.1) is 0 Å². The van der Waals surface area contributed by atoms with Crippen LogP contribution < -0.4 is 5.32 Å². The van der Waals surface area contributed by atoms with E-state index in [0.717, 1.165) is 6.08 Å². The molecule has 54 valence electrons. The summed E-state index contributed by atoms with van der Waals surface area (Å²) in [5.74, 6) is -0.907. The molecule has 0 fully saturated rings. The molecule has 3 nitrogen and oxygen atoms in total. The molecular formula is C7H9NO2. The lowest BCUT2D eigenvalue weighted by Gasteiger charge is -1.91. The van der Waals surface area contributed by atoms with Gasteiger partial charge in [0, 0.05) is 0 Å². The van der Waals surface area contributed by atoms with Crippen LogP contribution >= 0.6 is 0 Å². The zero-order valence-electron chi connectivity index (χ0n) is 5.76. The van der Waals surface area contributed by atoms with E-state index in [1.165, 1.54) is 6.08 Å². The van der Waals surface area contributed by atoms with Crippen LogP contribution in [0.15, 0.2) is 24.8 Å². The Morgan fingerprint density at radius 2 is 2.00 bits per heavy atom.